The Labute approximate surface area is 114 Å². The first-order valence-electron chi connectivity index (χ1n) is 6.93. The monoisotopic (exact) mass is 259 g/mol. The Bertz CT molecular complexity index is 431. The summed E-state index contributed by atoms with van der Waals surface area (Å²) in [5.74, 6) is 0.843. The summed E-state index contributed by atoms with van der Waals surface area (Å²) in [6.45, 7) is 3.88. The predicted octanol–water partition coefficient (Wildman–Crippen LogP) is 3.11. The van der Waals surface area contributed by atoms with E-state index in [0.29, 0.717) is 0 Å². The molecule has 1 fully saturated rings. The van der Waals surface area contributed by atoms with Gasteiger partial charge < -0.3 is 9.64 Å². The van der Waals surface area contributed by atoms with Crippen LogP contribution in [0.25, 0.3) is 6.08 Å². The molecule has 1 aromatic carbocycles. The van der Waals surface area contributed by atoms with E-state index in [9.17, 15) is 4.79 Å². The lowest BCUT2D eigenvalue weighted by molar-refractivity contribution is -0.134. The minimum atomic E-state index is 0.0947. The van der Waals surface area contributed by atoms with E-state index in [2.05, 4.69) is 0 Å². The normalized spacial score (nSPS) is 15.7. The number of rotatable bonds is 4. The molecule has 0 radical (unpaired) electrons. The highest BCUT2D eigenvalue weighted by Gasteiger charge is 2.16. The largest absolute Gasteiger partial charge is 0.484 e. The highest BCUT2D eigenvalue weighted by molar-refractivity contribution is 5.77. The van der Waals surface area contributed by atoms with E-state index in [-0.39, 0.29) is 12.5 Å². The zero-order valence-electron chi connectivity index (χ0n) is 11.5. The number of hydrogen-bond acceptors (Lipinski definition) is 2. The molecule has 1 aromatic rings. The third kappa shape index (κ3) is 4.12. The third-order valence-corrected chi connectivity index (χ3v) is 3.31. The Kier molecular flexibility index (Phi) is 5.01. The van der Waals surface area contributed by atoms with Crippen LogP contribution in [0.5, 0.6) is 5.75 Å². The molecule has 1 aliphatic rings. The van der Waals surface area contributed by atoms with Gasteiger partial charge in [0, 0.05) is 13.1 Å². The first kappa shape index (κ1) is 13.7. The van der Waals surface area contributed by atoms with Crippen molar-refractivity contribution in [1.82, 2.24) is 4.90 Å². The van der Waals surface area contributed by atoms with Crippen molar-refractivity contribution in [3.8, 4) is 5.75 Å². The number of piperidine rings is 1. The summed E-state index contributed by atoms with van der Waals surface area (Å²) in [5, 5.41) is 0. The lowest BCUT2D eigenvalue weighted by Crippen LogP contribution is -2.38. The molecule has 0 spiro atoms. The van der Waals surface area contributed by atoms with Gasteiger partial charge in [-0.25, -0.2) is 0 Å². The maximum absolute atomic E-state index is 11.9. The molecule has 1 aliphatic heterocycles. The third-order valence-electron chi connectivity index (χ3n) is 3.31. The van der Waals surface area contributed by atoms with Crippen molar-refractivity contribution in [1.29, 1.82) is 0 Å². The average molecular weight is 259 g/mol. The summed E-state index contributed by atoms with van der Waals surface area (Å²) in [7, 11) is 0. The molecule has 0 atom stereocenters. The maximum Gasteiger partial charge on any atom is 0.260 e. The van der Waals surface area contributed by atoms with Crippen molar-refractivity contribution in [2.24, 2.45) is 0 Å². The summed E-state index contributed by atoms with van der Waals surface area (Å²) in [6, 6.07) is 7.78. The van der Waals surface area contributed by atoms with Crippen LogP contribution in [0.4, 0.5) is 0 Å². The molecule has 19 heavy (non-hydrogen) atoms. The van der Waals surface area contributed by atoms with Gasteiger partial charge in [-0.1, -0.05) is 24.3 Å². The molecule has 3 heteroatoms. The zero-order chi connectivity index (χ0) is 13.5. The van der Waals surface area contributed by atoms with E-state index in [0.717, 1.165) is 37.2 Å². The highest BCUT2D eigenvalue weighted by atomic mass is 16.5. The van der Waals surface area contributed by atoms with Gasteiger partial charge in [0.1, 0.15) is 5.75 Å². The van der Waals surface area contributed by atoms with Gasteiger partial charge in [-0.2, -0.15) is 0 Å². The average Bonchev–Trinajstić information content (AvgIpc) is 2.47. The SMILES string of the molecule is CC=Cc1ccc(OCC(=O)N2CCCCC2)cc1. The number of ether oxygens (including phenoxy) is 1. The van der Waals surface area contributed by atoms with E-state index in [1.165, 1.54) is 6.42 Å². The number of carbonyl (C=O) groups excluding carboxylic acids is 1. The van der Waals surface area contributed by atoms with Gasteiger partial charge >= 0.3 is 0 Å². The zero-order valence-corrected chi connectivity index (χ0v) is 11.5. The van der Waals surface area contributed by atoms with Gasteiger partial charge in [0.25, 0.3) is 5.91 Å². The van der Waals surface area contributed by atoms with Crippen molar-refractivity contribution < 1.29 is 9.53 Å². The maximum atomic E-state index is 11.9. The summed E-state index contributed by atoms with van der Waals surface area (Å²) >= 11 is 0. The first-order chi connectivity index (χ1) is 9.29. The first-order valence-corrected chi connectivity index (χ1v) is 6.93. The number of carbonyl (C=O) groups is 1. The van der Waals surface area contributed by atoms with Crippen LogP contribution in [0.15, 0.2) is 30.3 Å². The topological polar surface area (TPSA) is 29.5 Å². The molecular formula is C16H21NO2. The van der Waals surface area contributed by atoms with E-state index in [1.54, 1.807) is 0 Å². The van der Waals surface area contributed by atoms with Gasteiger partial charge in [-0.05, 0) is 43.9 Å². The molecule has 3 nitrogen and oxygen atoms in total. The summed E-state index contributed by atoms with van der Waals surface area (Å²) in [4.78, 5) is 13.8. The molecule has 1 heterocycles. The van der Waals surface area contributed by atoms with Crippen LogP contribution in [0.2, 0.25) is 0 Å². The van der Waals surface area contributed by atoms with Crippen molar-refractivity contribution in [2.45, 2.75) is 26.2 Å². The van der Waals surface area contributed by atoms with E-state index < -0.39 is 0 Å². The number of allylic oxidation sites excluding steroid dienone is 1. The van der Waals surface area contributed by atoms with Crippen molar-refractivity contribution in [3.05, 3.63) is 35.9 Å². The Morgan fingerprint density at radius 1 is 1.21 bits per heavy atom. The van der Waals surface area contributed by atoms with Crippen molar-refractivity contribution >= 4 is 12.0 Å². The fraction of sp³-hybridized carbons (Fsp3) is 0.438. The summed E-state index contributed by atoms with van der Waals surface area (Å²) < 4.78 is 5.54. The highest BCUT2D eigenvalue weighted by Crippen LogP contribution is 2.14. The number of benzene rings is 1. The number of amides is 1. The van der Waals surface area contributed by atoms with Crippen LogP contribution in [-0.4, -0.2) is 30.5 Å². The minimum Gasteiger partial charge on any atom is -0.484 e. The van der Waals surface area contributed by atoms with Gasteiger partial charge in [-0.15, -0.1) is 0 Å². The number of nitrogens with zero attached hydrogens (tertiary/aromatic N) is 1. The lowest BCUT2D eigenvalue weighted by atomic mass is 10.1. The second-order valence-electron chi connectivity index (χ2n) is 4.80. The Morgan fingerprint density at radius 2 is 1.89 bits per heavy atom. The smallest absolute Gasteiger partial charge is 0.260 e. The molecule has 2 rings (SSSR count). The number of hydrogen-bond donors (Lipinski definition) is 0. The fourth-order valence-corrected chi connectivity index (χ4v) is 2.25. The quantitative estimate of drug-likeness (QED) is 0.831. The van der Waals surface area contributed by atoms with E-state index >= 15 is 0 Å². The fourth-order valence-electron chi connectivity index (χ4n) is 2.25. The molecule has 0 bridgehead atoms. The molecular weight excluding hydrogens is 238 g/mol. The van der Waals surface area contributed by atoms with Crippen molar-refractivity contribution in [2.75, 3.05) is 19.7 Å². The van der Waals surface area contributed by atoms with Gasteiger partial charge in [0.2, 0.25) is 0 Å². The van der Waals surface area contributed by atoms with Crippen LogP contribution in [0.1, 0.15) is 31.7 Å². The molecule has 0 N–H and O–H groups in total. The van der Waals surface area contributed by atoms with E-state index in [4.69, 9.17) is 4.74 Å². The molecule has 0 aliphatic carbocycles. The Hall–Kier alpha value is -1.77. The second kappa shape index (κ2) is 6.98. The molecule has 0 unspecified atom stereocenters. The van der Waals surface area contributed by atoms with Crippen LogP contribution in [0, 0.1) is 0 Å². The van der Waals surface area contributed by atoms with Crippen LogP contribution in [0.3, 0.4) is 0 Å². The lowest BCUT2D eigenvalue weighted by Gasteiger charge is -2.26. The molecule has 0 aromatic heterocycles. The second-order valence-corrected chi connectivity index (χ2v) is 4.80. The molecule has 0 saturated carbocycles. The van der Waals surface area contributed by atoms with Gasteiger partial charge in [-0.3, -0.25) is 4.79 Å². The number of likely N-dealkylation sites (tertiary alicyclic amines) is 1. The molecule has 1 amide bonds. The minimum absolute atomic E-state index is 0.0947. The van der Waals surface area contributed by atoms with Gasteiger partial charge in [0.05, 0.1) is 0 Å². The molecule has 1 saturated heterocycles. The Morgan fingerprint density at radius 3 is 2.53 bits per heavy atom. The van der Waals surface area contributed by atoms with Crippen molar-refractivity contribution in [3.63, 3.8) is 0 Å². The van der Waals surface area contributed by atoms with Gasteiger partial charge in [0.15, 0.2) is 6.61 Å². The van der Waals surface area contributed by atoms with E-state index in [1.807, 2.05) is 48.2 Å². The van der Waals surface area contributed by atoms with Crippen LogP contribution in [-0.2, 0) is 4.79 Å². The predicted molar refractivity (Wildman–Crippen MR) is 77.1 cm³/mol. The summed E-state index contributed by atoms with van der Waals surface area (Å²) in [5.41, 5.74) is 1.14. The van der Waals surface area contributed by atoms with Crippen LogP contribution < -0.4 is 4.74 Å². The van der Waals surface area contributed by atoms with Crippen LogP contribution >= 0.6 is 0 Å². The summed E-state index contributed by atoms with van der Waals surface area (Å²) in [6.07, 6.45) is 7.49. The standard InChI is InChI=1S/C16H21NO2/c1-2-6-14-7-9-15(10-8-14)19-13-16(18)17-11-4-3-5-12-17/h2,6-10H,3-5,11-13H2,1H3. The molecule has 102 valence electrons. The Balaban J connectivity index is 1.82.